The molecule has 0 amide bonds. The average Bonchev–Trinajstić information content (AvgIpc) is 2.40. The molecule has 1 aromatic rings. The Morgan fingerprint density at radius 1 is 1.20 bits per heavy atom. The van der Waals surface area contributed by atoms with Crippen LogP contribution < -0.4 is 5.32 Å². The zero-order chi connectivity index (χ0) is 15.3. The van der Waals surface area contributed by atoms with Crippen LogP contribution in [-0.4, -0.2) is 26.2 Å². The van der Waals surface area contributed by atoms with E-state index in [1.54, 1.807) is 12.1 Å². The minimum Gasteiger partial charge on any atom is -0.466 e. The number of rotatable bonds is 4. The molecule has 0 heterocycles. The van der Waals surface area contributed by atoms with Gasteiger partial charge in [-0.25, -0.2) is 9.59 Å². The third-order valence-electron chi connectivity index (χ3n) is 2.14. The van der Waals surface area contributed by atoms with Gasteiger partial charge in [0, 0.05) is 14.0 Å². The first-order chi connectivity index (χ1) is 9.38. The van der Waals surface area contributed by atoms with Gasteiger partial charge in [-0.3, -0.25) is 0 Å². The average molecular weight is 427 g/mol. The highest BCUT2D eigenvalue weighted by atomic mass is 79.9. The van der Waals surface area contributed by atoms with E-state index in [0.29, 0.717) is 19.7 Å². The molecule has 0 aliphatic heterocycles. The van der Waals surface area contributed by atoms with Crippen molar-refractivity contribution < 1.29 is 19.1 Å². The number of halogens is 3. The van der Waals surface area contributed by atoms with E-state index in [2.05, 4.69) is 46.7 Å². The Bertz CT molecular complexity index is 552. The topological polar surface area (TPSA) is 64.6 Å². The molecule has 0 aliphatic rings. The number of ether oxygens (including phenoxy) is 2. The first-order valence-corrected chi connectivity index (χ1v) is 7.15. The van der Waals surface area contributed by atoms with Crippen LogP contribution in [0.15, 0.2) is 32.9 Å². The second-order valence-corrected chi connectivity index (χ2v) is 5.59. The van der Waals surface area contributed by atoms with Crippen LogP contribution in [0.1, 0.15) is 0 Å². The van der Waals surface area contributed by atoms with Gasteiger partial charge < -0.3 is 14.8 Å². The number of hydrogen-bond acceptors (Lipinski definition) is 5. The summed E-state index contributed by atoms with van der Waals surface area (Å²) < 4.78 is 10.3. The normalized spacial score (nSPS) is 10.9. The van der Waals surface area contributed by atoms with E-state index < -0.39 is 11.9 Å². The number of anilines is 1. The van der Waals surface area contributed by atoms with Crippen molar-refractivity contribution in [2.75, 3.05) is 19.5 Å². The van der Waals surface area contributed by atoms with E-state index in [1.165, 1.54) is 14.2 Å². The van der Waals surface area contributed by atoms with Crippen LogP contribution in [0.2, 0.25) is 5.02 Å². The molecule has 108 valence electrons. The molecule has 1 rings (SSSR count). The molecule has 20 heavy (non-hydrogen) atoms. The predicted octanol–water partition coefficient (Wildman–Crippen LogP) is 3.51. The Morgan fingerprint density at radius 3 is 2.20 bits per heavy atom. The Hall–Kier alpha value is -1.05. The third kappa shape index (κ3) is 4.50. The Balaban J connectivity index is 3.17. The first kappa shape index (κ1) is 17.0. The number of methoxy groups -OCH3 is 2. The van der Waals surface area contributed by atoms with E-state index in [-0.39, 0.29) is 5.70 Å². The van der Waals surface area contributed by atoms with Crippen LogP contribution in [0.5, 0.6) is 0 Å². The van der Waals surface area contributed by atoms with Crippen LogP contribution in [0.4, 0.5) is 5.69 Å². The van der Waals surface area contributed by atoms with Gasteiger partial charge in [0.15, 0.2) is 0 Å². The van der Waals surface area contributed by atoms with Crippen molar-refractivity contribution in [3.05, 3.63) is 37.9 Å². The number of esters is 2. The van der Waals surface area contributed by atoms with Crippen molar-refractivity contribution in [2.45, 2.75) is 0 Å². The van der Waals surface area contributed by atoms with Crippen LogP contribution in [-0.2, 0) is 19.1 Å². The van der Waals surface area contributed by atoms with E-state index in [0.717, 1.165) is 6.08 Å². The van der Waals surface area contributed by atoms with Crippen molar-refractivity contribution >= 4 is 61.1 Å². The summed E-state index contributed by atoms with van der Waals surface area (Å²) in [6.07, 6.45) is 0.999. The second kappa shape index (κ2) is 7.66. The molecule has 0 unspecified atom stereocenters. The minimum absolute atomic E-state index is 0.0666. The Labute approximate surface area is 137 Å². The monoisotopic (exact) mass is 425 g/mol. The number of carbonyl (C=O) groups excluding carboxylic acids is 2. The van der Waals surface area contributed by atoms with Gasteiger partial charge in [0.2, 0.25) is 0 Å². The number of hydrogen-bond donors (Lipinski definition) is 1. The Morgan fingerprint density at radius 2 is 1.75 bits per heavy atom. The number of benzene rings is 1. The maximum absolute atomic E-state index is 11.6. The molecule has 0 atom stereocenters. The maximum atomic E-state index is 11.6. The van der Waals surface area contributed by atoms with E-state index in [1.807, 2.05) is 0 Å². The molecule has 0 bridgehead atoms. The summed E-state index contributed by atoms with van der Waals surface area (Å²) in [6.45, 7) is 0. The Kier molecular flexibility index (Phi) is 6.51. The second-order valence-electron chi connectivity index (χ2n) is 3.44. The quantitative estimate of drug-likeness (QED) is 0.589. The fraction of sp³-hybridized carbons (Fsp3) is 0.167. The highest BCUT2D eigenvalue weighted by molar-refractivity contribution is 9.11. The highest BCUT2D eigenvalue weighted by Gasteiger charge is 2.16. The largest absolute Gasteiger partial charge is 0.466 e. The van der Waals surface area contributed by atoms with Gasteiger partial charge in [0.1, 0.15) is 5.70 Å². The maximum Gasteiger partial charge on any atom is 0.354 e. The molecule has 0 fully saturated rings. The SMILES string of the molecule is COC(=O)/C=C(/Nc1c(Br)cc(Cl)cc1Br)C(=O)OC. The fourth-order valence-electron chi connectivity index (χ4n) is 1.23. The molecule has 0 saturated heterocycles. The highest BCUT2D eigenvalue weighted by Crippen LogP contribution is 2.35. The molecule has 0 radical (unpaired) electrons. The van der Waals surface area contributed by atoms with Crippen LogP contribution >= 0.6 is 43.5 Å². The molecule has 0 aliphatic carbocycles. The summed E-state index contributed by atoms with van der Waals surface area (Å²) in [4.78, 5) is 22.9. The van der Waals surface area contributed by atoms with Crippen LogP contribution in [0, 0.1) is 0 Å². The summed E-state index contributed by atoms with van der Waals surface area (Å²) in [7, 11) is 2.42. The molecule has 8 heteroatoms. The zero-order valence-corrected chi connectivity index (χ0v) is 14.4. The lowest BCUT2D eigenvalue weighted by Gasteiger charge is -2.13. The molecule has 5 nitrogen and oxygen atoms in total. The summed E-state index contributed by atoms with van der Waals surface area (Å²) in [5.41, 5.74) is 0.457. The minimum atomic E-state index is -0.704. The van der Waals surface area contributed by atoms with Crippen molar-refractivity contribution in [3.63, 3.8) is 0 Å². The smallest absolute Gasteiger partial charge is 0.354 e. The van der Waals surface area contributed by atoms with Crippen LogP contribution in [0.25, 0.3) is 0 Å². The lowest BCUT2D eigenvalue weighted by molar-refractivity contribution is -0.138. The van der Waals surface area contributed by atoms with Gasteiger partial charge >= 0.3 is 11.9 Å². The van der Waals surface area contributed by atoms with Crippen molar-refractivity contribution in [1.82, 2.24) is 0 Å². The predicted molar refractivity (Wildman–Crippen MR) is 82.6 cm³/mol. The summed E-state index contributed by atoms with van der Waals surface area (Å²) in [5.74, 6) is -1.39. The van der Waals surface area contributed by atoms with Gasteiger partial charge in [-0.15, -0.1) is 0 Å². The van der Waals surface area contributed by atoms with Gasteiger partial charge in [0.05, 0.1) is 26.0 Å². The van der Waals surface area contributed by atoms with Crippen molar-refractivity contribution in [2.24, 2.45) is 0 Å². The molecular formula is C12H10Br2ClNO4. The van der Waals surface area contributed by atoms with Gasteiger partial charge in [-0.2, -0.15) is 0 Å². The lowest BCUT2D eigenvalue weighted by atomic mass is 10.3. The summed E-state index contributed by atoms with van der Waals surface area (Å²) >= 11 is 12.5. The summed E-state index contributed by atoms with van der Waals surface area (Å²) in [5, 5.41) is 3.30. The van der Waals surface area contributed by atoms with Gasteiger partial charge in [-0.05, 0) is 44.0 Å². The van der Waals surface area contributed by atoms with Gasteiger partial charge in [0.25, 0.3) is 0 Å². The van der Waals surface area contributed by atoms with Gasteiger partial charge in [-0.1, -0.05) is 11.6 Å². The lowest BCUT2D eigenvalue weighted by Crippen LogP contribution is -2.16. The zero-order valence-electron chi connectivity index (χ0n) is 10.5. The molecule has 0 saturated carbocycles. The first-order valence-electron chi connectivity index (χ1n) is 5.18. The standard InChI is InChI=1S/C12H10Br2ClNO4/c1-19-10(17)5-9(12(18)20-2)16-11-7(13)3-6(15)4-8(11)14/h3-5,16H,1-2H3/b9-5+. The van der Waals surface area contributed by atoms with Crippen molar-refractivity contribution in [3.8, 4) is 0 Å². The van der Waals surface area contributed by atoms with Crippen LogP contribution in [0.3, 0.4) is 0 Å². The fourth-order valence-corrected chi connectivity index (χ4v) is 3.10. The van der Waals surface area contributed by atoms with Crippen molar-refractivity contribution in [1.29, 1.82) is 0 Å². The number of carbonyl (C=O) groups is 2. The van der Waals surface area contributed by atoms with E-state index in [4.69, 9.17) is 11.6 Å². The van der Waals surface area contributed by atoms with E-state index >= 15 is 0 Å². The molecule has 0 spiro atoms. The summed E-state index contributed by atoms with van der Waals surface area (Å²) in [6, 6.07) is 3.28. The molecule has 1 N–H and O–H groups in total. The number of nitrogens with one attached hydrogen (secondary N) is 1. The third-order valence-corrected chi connectivity index (χ3v) is 3.60. The van der Waals surface area contributed by atoms with E-state index in [9.17, 15) is 9.59 Å². The molecule has 1 aromatic carbocycles. The molecular weight excluding hydrogens is 417 g/mol. The molecule has 0 aromatic heterocycles.